The molecule has 5 heteroatoms. The molecule has 0 aliphatic heterocycles. The Balaban J connectivity index is 3.01. The van der Waals surface area contributed by atoms with Gasteiger partial charge >= 0.3 is 6.18 Å². The minimum absolute atomic E-state index is 0.0253. The molecule has 1 aromatic heterocycles. The number of alkyl halides is 3. The van der Waals surface area contributed by atoms with Crippen molar-refractivity contribution in [1.29, 1.82) is 0 Å². The van der Waals surface area contributed by atoms with Gasteiger partial charge in [-0.3, -0.25) is 5.10 Å². The quantitative estimate of drug-likeness (QED) is 0.571. The Morgan fingerprint density at radius 2 is 2.18 bits per heavy atom. The molecule has 0 spiro atoms. The maximum atomic E-state index is 11.8. The van der Waals surface area contributed by atoms with Crippen LogP contribution in [0.4, 0.5) is 13.2 Å². The maximum absolute atomic E-state index is 11.8. The number of terminal acetylenes is 1. The van der Waals surface area contributed by atoms with Gasteiger partial charge in [0, 0.05) is 6.07 Å². The van der Waals surface area contributed by atoms with E-state index < -0.39 is 11.9 Å². The number of hydrogen-bond acceptors (Lipinski definition) is 1. The van der Waals surface area contributed by atoms with Gasteiger partial charge in [0.05, 0.1) is 0 Å². The molecule has 0 bridgehead atoms. The number of halogens is 3. The number of nitrogens with zero attached hydrogens (tertiary/aromatic N) is 1. The summed E-state index contributed by atoms with van der Waals surface area (Å²) in [5.41, 5.74) is -0.970. The molecule has 0 unspecified atom stereocenters. The lowest BCUT2D eigenvalue weighted by molar-refractivity contribution is -0.141. The molecule has 0 radical (unpaired) electrons. The SMILES string of the molecule is C#Cc1cc(C(F)(F)F)n[nH]1. The molecule has 1 heterocycles. The predicted molar refractivity (Wildman–Crippen MR) is 31.5 cm³/mol. The van der Waals surface area contributed by atoms with E-state index in [4.69, 9.17) is 6.42 Å². The zero-order valence-corrected chi connectivity index (χ0v) is 5.24. The molecule has 0 aliphatic carbocycles. The van der Waals surface area contributed by atoms with Crippen LogP contribution in [0, 0.1) is 12.3 Å². The molecule has 0 saturated heterocycles. The molecule has 11 heavy (non-hydrogen) atoms. The van der Waals surface area contributed by atoms with Crippen LogP contribution >= 0.6 is 0 Å². The van der Waals surface area contributed by atoms with Gasteiger partial charge in [-0.25, -0.2) is 0 Å². The largest absolute Gasteiger partial charge is 0.435 e. The van der Waals surface area contributed by atoms with E-state index in [2.05, 4.69) is 10.2 Å². The normalized spacial score (nSPS) is 11.1. The van der Waals surface area contributed by atoms with Crippen LogP contribution in [0.1, 0.15) is 11.4 Å². The van der Waals surface area contributed by atoms with Crippen LogP contribution in [0.2, 0.25) is 0 Å². The number of H-pyrrole nitrogens is 1. The molecule has 0 saturated carbocycles. The first-order valence-corrected chi connectivity index (χ1v) is 2.63. The lowest BCUT2D eigenvalue weighted by Gasteiger charge is -1.98. The van der Waals surface area contributed by atoms with Crippen molar-refractivity contribution in [1.82, 2.24) is 10.2 Å². The van der Waals surface area contributed by atoms with Gasteiger partial charge in [-0.1, -0.05) is 5.92 Å². The third-order valence-corrected chi connectivity index (χ3v) is 1.02. The van der Waals surface area contributed by atoms with Crippen LogP contribution in [-0.4, -0.2) is 10.2 Å². The Hall–Kier alpha value is -1.44. The Morgan fingerprint density at radius 1 is 1.55 bits per heavy atom. The number of rotatable bonds is 0. The summed E-state index contributed by atoms with van der Waals surface area (Å²) < 4.78 is 35.4. The van der Waals surface area contributed by atoms with Crippen molar-refractivity contribution in [3.05, 3.63) is 17.5 Å². The highest BCUT2D eigenvalue weighted by Gasteiger charge is 2.33. The van der Waals surface area contributed by atoms with Crippen molar-refractivity contribution in [3.63, 3.8) is 0 Å². The van der Waals surface area contributed by atoms with Crippen molar-refractivity contribution in [2.75, 3.05) is 0 Å². The molecule has 0 fully saturated rings. The van der Waals surface area contributed by atoms with Gasteiger partial charge in [-0.15, -0.1) is 6.42 Å². The first-order chi connectivity index (χ1) is 5.04. The molecule has 1 rings (SSSR count). The summed E-state index contributed by atoms with van der Waals surface area (Å²) >= 11 is 0. The third-order valence-electron chi connectivity index (χ3n) is 1.02. The van der Waals surface area contributed by atoms with Crippen LogP contribution in [-0.2, 0) is 6.18 Å². The van der Waals surface area contributed by atoms with E-state index in [1.54, 1.807) is 0 Å². The fourth-order valence-electron chi connectivity index (χ4n) is 0.541. The first kappa shape index (κ1) is 7.66. The molecule has 0 aromatic carbocycles. The topological polar surface area (TPSA) is 28.7 Å². The van der Waals surface area contributed by atoms with Crippen molar-refractivity contribution in [2.24, 2.45) is 0 Å². The summed E-state index contributed by atoms with van der Waals surface area (Å²) in [4.78, 5) is 0. The molecular formula is C6H3F3N2. The van der Waals surface area contributed by atoms with Gasteiger partial charge in [0.2, 0.25) is 0 Å². The summed E-state index contributed by atoms with van der Waals surface area (Å²) in [6.07, 6.45) is 0.393. The standard InChI is InChI=1S/C6H3F3N2/c1-2-4-3-5(11-10-4)6(7,8)9/h1,3H,(H,10,11). The molecule has 58 valence electrons. The summed E-state index contributed by atoms with van der Waals surface area (Å²) in [6.45, 7) is 0. The van der Waals surface area contributed by atoms with Crippen LogP contribution in [0.3, 0.4) is 0 Å². The Labute approximate surface area is 60.4 Å². The van der Waals surface area contributed by atoms with Crippen LogP contribution in [0.25, 0.3) is 0 Å². The molecule has 1 N–H and O–H groups in total. The van der Waals surface area contributed by atoms with Crippen molar-refractivity contribution in [3.8, 4) is 12.3 Å². The highest BCUT2D eigenvalue weighted by Crippen LogP contribution is 2.27. The Kier molecular flexibility index (Phi) is 1.61. The second-order valence-electron chi connectivity index (χ2n) is 1.81. The number of aromatic amines is 1. The predicted octanol–water partition coefficient (Wildman–Crippen LogP) is 1.41. The monoisotopic (exact) mass is 160 g/mol. The lowest BCUT2D eigenvalue weighted by atomic mass is 10.3. The van der Waals surface area contributed by atoms with Crippen molar-refractivity contribution in [2.45, 2.75) is 6.18 Å². The van der Waals surface area contributed by atoms with E-state index in [1.165, 1.54) is 0 Å². The van der Waals surface area contributed by atoms with Crippen LogP contribution in [0.15, 0.2) is 6.07 Å². The lowest BCUT2D eigenvalue weighted by Crippen LogP contribution is -2.04. The summed E-state index contributed by atoms with van der Waals surface area (Å²) in [7, 11) is 0. The number of aromatic nitrogens is 2. The van der Waals surface area contributed by atoms with Gasteiger partial charge in [0.1, 0.15) is 5.69 Å². The zero-order chi connectivity index (χ0) is 8.48. The fourth-order valence-corrected chi connectivity index (χ4v) is 0.541. The molecule has 1 aromatic rings. The van der Waals surface area contributed by atoms with Crippen molar-refractivity contribution >= 4 is 0 Å². The van der Waals surface area contributed by atoms with Crippen LogP contribution < -0.4 is 0 Å². The minimum atomic E-state index is -4.43. The average Bonchev–Trinajstić information content (AvgIpc) is 2.32. The first-order valence-electron chi connectivity index (χ1n) is 2.63. The highest BCUT2D eigenvalue weighted by atomic mass is 19.4. The summed E-state index contributed by atoms with van der Waals surface area (Å²) in [5, 5.41) is 5.02. The average molecular weight is 160 g/mol. The Bertz CT molecular complexity index is 292. The molecule has 0 amide bonds. The van der Waals surface area contributed by atoms with Crippen LogP contribution in [0.5, 0.6) is 0 Å². The molecular weight excluding hydrogens is 157 g/mol. The Morgan fingerprint density at radius 3 is 2.45 bits per heavy atom. The van der Waals surface area contributed by atoms with E-state index in [0.29, 0.717) is 0 Å². The van der Waals surface area contributed by atoms with E-state index in [9.17, 15) is 13.2 Å². The fraction of sp³-hybridized carbons (Fsp3) is 0.167. The molecule has 0 atom stereocenters. The van der Waals surface area contributed by atoms with Gasteiger partial charge in [-0.05, 0) is 0 Å². The second-order valence-corrected chi connectivity index (χ2v) is 1.81. The number of hydrogen-bond donors (Lipinski definition) is 1. The van der Waals surface area contributed by atoms with Gasteiger partial charge < -0.3 is 0 Å². The van der Waals surface area contributed by atoms with Gasteiger partial charge in [0.15, 0.2) is 5.69 Å². The minimum Gasteiger partial charge on any atom is -0.269 e. The maximum Gasteiger partial charge on any atom is 0.435 e. The molecule has 2 nitrogen and oxygen atoms in total. The zero-order valence-electron chi connectivity index (χ0n) is 5.24. The van der Waals surface area contributed by atoms with E-state index in [0.717, 1.165) is 6.07 Å². The third kappa shape index (κ3) is 1.52. The van der Waals surface area contributed by atoms with E-state index >= 15 is 0 Å². The second kappa shape index (κ2) is 2.31. The summed E-state index contributed by atoms with van der Waals surface area (Å²) in [6, 6.07) is 0.778. The van der Waals surface area contributed by atoms with Gasteiger partial charge in [-0.2, -0.15) is 18.3 Å². The van der Waals surface area contributed by atoms with Crippen molar-refractivity contribution < 1.29 is 13.2 Å². The highest BCUT2D eigenvalue weighted by molar-refractivity contribution is 5.26. The van der Waals surface area contributed by atoms with E-state index in [1.807, 2.05) is 5.92 Å². The van der Waals surface area contributed by atoms with Gasteiger partial charge in [0.25, 0.3) is 0 Å². The van der Waals surface area contributed by atoms with E-state index in [-0.39, 0.29) is 5.69 Å². The smallest absolute Gasteiger partial charge is 0.269 e. The number of nitrogens with one attached hydrogen (secondary N) is 1. The molecule has 0 aliphatic rings. The summed E-state index contributed by atoms with van der Waals surface area (Å²) in [5.74, 6) is 2.00.